The lowest BCUT2D eigenvalue weighted by Gasteiger charge is -2.12. The zero-order chi connectivity index (χ0) is 30.4. The van der Waals surface area contributed by atoms with Crippen molar-refractivity contribution in [2.45, 2.75) is 13.3 Å². The maximum atomic E-state index is 2.49. The highest BCUT2D eigenvalue weighted by Crippen LogP contribution is 2.43. The number of aromatic nitrogens is 2. The van der Waals surface area contributed by atoms with Gasteiger partial charge in [0.1, 0.15) is 0 Å². The summed E-state index contributed by atoms with van der Waals surface area (Å²) in [6.07, 6.45) is 5.81. The Morgan fingerprint density at radius 3 is 2.04 bits per heavy atom. The van der Waals surface area contributed by atoms with E-state index in [0.717, 1.165) is 6.42 Å². The van der Waals surface area contributed by atoms with Gasteiger partial charge < -0.3 is 9.13 Å². The second-order valence-electron chi connectivity index (χ2n) is 12.7. The lowest BCUT2D eigenvalue weighted by molar-refractivity contribution is 0.724. The van der Waals surface area contributed by atoms with Gasteiger partial charge in [-0.3, -0.25) is 0 Å². The van der Waals surface area contributed by atoms with Gasteiger partial charge in [-0.15, -0.1) is 11.3 Å². The molecular formula is C43H30N2S. The maximum Gasteiger partial charge on any atom is 0.0555 e. The highest BCUT2D eigenvalue weighted by molar-refractivity contribution is 7.20. The number of fused-ring (bicyclic) bond motifs is 9. The molecular weight excluding hydrogens is 577 g/mol. The summed E-state index contributed by atoms with van der Waals surface area (Å²) in [5, 5.41) is 6.55. The molecule has 1 unspecified atom stereocenters. The monoisotopic (exact) mass is 606 g/mol. The van der Waals surface area contributed by atoms with Gasteiger partial charge in [-0.1, -0.05) is 85.8 Å². The van der Waals surface area contributed by atoms with Crippen LogP contribution in [-0.4, -0.2) is 9.13 Å². The third kappa shape index (κ3) is 3.76. The van der Waals surface area contributed by atoms with Crippen LogP contribution < -0.4 is 0 Å². The Labute approximate surface area is 271 Å². The SMILES string of the molecule is CC1C=Cc2sc3cc4c(cc3c2C1)c1cc(-c2ccccc2)ccc1n4-c1ccc2c(c1)c1ccccc1n2-c1ccccc1. The van der Waals surface area contributed by atoms with E-state index in [1.54, 1.807) is 0 Å². The van der Waals surface area contributed by atoms with Crippen LogP contribution in [0.4, 0.5) is 0 Å². The number of allylic oxidation sites excluding steroid dienone is 1. The quantitative estimate of drug-likeness (QED) is 0.189. The Morgan fingerprint density at radius 1 is 0.522 bits per heavy atom. The molecule has 3 heterocycles. The van der Waals surface area contributed by atoms with E-state index in [4.69, 9.17) is 0 Å². The summed E-state index contributed by atoms with van der Waals surface area (Å²) in [5.41, 5.74) is 11.3. The summed E-state index contributed by atoms with van der Waals surface area (Å²) in [7, 11) is 0. The van der Waals surface area contributed by atoms with Crippen LogP contribution >= 0.6 is 11.3 Å². The topological polar surface area (TPSA) is 9.86 Å². The normalized spacial score (nSPS) is 14.7. The van der Waals surface area contributed by atoms with E-state index in [2.05, 4.69) is 162 Å². The van der Waals surface area contributed by atoms with E-state index in [9.17, 15) is 0 Å². The van der Waals surface area contributed by atoms with Crippen molar-refractivity contribution >= 4 is 71.1 Å². The summed E-state index contributed by atoms with van der Waals surface area (Å²) >= 11 is 1.93. The molecule has 1 aliphatic rings. The average molecular weight is 607 g/mol. The molecule has 9 aromatic rings. The minimum absolute atomic E-state index is 0.566. The number of rotatable bonds is 3. The summed E-state index contributed by atoms with van der Waals surface area (Å²) in [6, 6.07) is 49.2. The van der Waals surface area contributed by atoms with E-state index in [-0.39, 0.29) is 0 Å². The number of hydrogen-bond acceptors (Lipinski definition) is 1. The highest BCUT2D eigenvalue weighted by atomic mass is 32.1. The van der Waals surface area contributed by atoms with E-state index in [0.29, 0.717) is 5.92 Å². The van der Waals surface area contributed by atoms with E-state index in [1.165, 1.54) is 86.6 Å². The zero-order valence-electron chi connectivity index (χ0n) is 25.4. The fourth-order valence-corrected chi connectivity index (χ4v) is 8.87. The molecule has 1 atom stereocenters. The first kappa shape index (κ1) is 25.9. The predicted molar refractivity (Wildman–Crippen MR) is 198 cm³/mol. The first-order chi connectivity index (χ1) is 22.7. The van der Waals surface area contributed by atoms with Crippen molar-refractivity contribution in [3.05, 3.63) is 150 Å². The minimum atomic E-state index is 0.566. The van der Waals surface area contributed by atoms with Crippen LogP contribution in [0.1, 0.15) is 17.4 Å². The van der Waals surface area contributed by atoms with Crippen LogP contribution in [0.2, 0.25) is 0 Å². The molecule has 2 nitrogen and oxygen atoms in total. The first-order valence-corrected chi connectivity index (χ1v) is 16.9. The Morgan fingerprint density at radius 2 is 1.20 bits per heavy atom. The van der Waals surface area contributed by atoms with Crippen LogP contribution in [0.3, 0.4) is 0 Å². The number of thiophene rings is 1. The lowest BCUT2D eigenvalue weighted by Crippen LogP contribution is -2.00. The molecule has 0 amide bonds. The van der Waals surface area contributed by atoms with Crippen molar-refractivity contribution in [1.82, 2.24) is 9.13 Å². The average Bonchev–Trinajstić information content (AvgIpc) is 3.74. The number of nitrogens with zero attached hydrogens (tertiary/aromatic N) is 2. The van der Waals surface area contributed by atoms with E-state index < -0.39 is 0 Å². The van der Waals surface area contributed by atoms with E-state index in [1.807, 2.05) is 11.3 Å². The van der Waals surface area contributed by atoms with Crippen molar-refractivity contribution in [1.29, 1.82) is 0 Å². The summed E-state index contributed by atoms with van der Waals surface area (Å²) < 4.78 is 6.25. The predicted octanol–water partition coefficient (Wildman–Crippen LogP) is 12.0. The first-order valence-electron chi connectivity index (χ1n) is 16.1. The third-order valence-corrected chi connectivity index (χ3v) is 11.0. The van der Waals surface area contributed by atoms with Crippen LogP contribution in [0, 0.1) is 5.92 Å². The molecule has 10 rings (SSSR count). The van der Waals surface area contributed by atoms with Gasteiger partial charge in [0, 0.05) is 42.5 Å². The summed E-state index contributed by atoms with van der Waals surface area (Å²) in [5.74, 6) is 0.566. The smallest absolute Gasteiger partial charge is 0.0555 e. The summed E-state index contributed by atoms with van der Waals surface area (Å²) in [6.45, 7) is 2.32. The molecule has 0 spiro atoms. The van der Waals surface area contributed by atoms with Crippen molar-refractivity contribution < 1.29 is 0 Å². The maximum absolute atomic E-state index is 2.49. The van der Waals surface area contributed by atoms with Crippen LogP contribution in [0.25, 0.3) is 82.3 Å². The fraction of sp³-hybridized carbons (Fsp3) is 0.0698. The van der Waals surface area contributed by atoms with Gasteiger partial charge in [-0.25, -0.2) is 0 Å². The van der Waals surface area contributed by atoms with Crippen LogP contribution in [0.5, 0.6) is 0 Å². The molecule has 0 N–H and O–H groups in total. The molecule has 46 heavy (non-hydrogen) atoms. The molecule has 1 aliphatic carbocycles. The molecule has 0 aliphatic heterocycles. The Kier molecular flexibility index (Phi) is 5.52. The van der Waals surface area contributed by atoms with Crippen molar-refractivity contribution in [2.24, 2.45) is 5.92 Å². The molecule has 3 aromatic heterocycles. The van der Waals surface area contributed by atoms with Crippen LogP contribution in [0.15, 0.2) is 140 Å². The molecule has 6 aromatic carbocycles. The standard InChI is InChI=1S/C43H30N2S/c1-27-16-21-42-36(22-27)37-25-35-33-23-29(28-10-4-2-5-11-28)17-19-39(33)45(41(35)26-43(37)46-42)31-18-20-40-34(24-31)32-14-8-9-15-38(32)44(40)30-12-6-3-7-13-30/h2-21,23-27H,22H2,1H3. The molecule has 0 saturated carbocycles. The highest BCUT2D eigenvalue weighted by Gasteiger charge is 2.21. The fourth-order valence-electron chi connectivity index (χ4n) is 7.71. The third-order valence-electron chi connectivity index (χ3n) is 9.85. The van der Waals surface area contributed by atoms with Gasteiger partial charge in [0.15, 0.2) is 0 Å². The molecule has 3 heteroatoms. The van der Waals surface area contributed by atoms with Crippen molar-refractivity contribution in [2.75, 3.05) is 0 Å². The summed E-state index contributed by atoms with van der Waals surface area (Å²) in [4.78, 5) is 1.41. The van der Waals surface area contributed by atoms with Gasteiger partial charge >= 0.3 is 0 Å². The van der Waals surface area contributed by atoms with Gasteiger partial charge in [-0.2, -0.15) is 0 Å². The van der Waals surface area contributed by atoms with Crippen LogP contribution in [-0.2, 0) is 6.42 Å². The van der Waals surface area contributed by atoms with Gasteiger partial charge in [0.05, 0.1) is 22.1 Å². The van der Waals surface area contributed by atoms with Crippen molar-refractivity contribution in [3.8, 4) is 22.5 Å². The van der Waals surface area contributed by atoms with E-state index >= 15 is 0 Å². The molecule has 0 radical (unpaired) electrons. The molecule has 218 valence electrons. The van der Waals surface area contributed by atoms with Crippen molar-refractivity contribution in [3.63, 3.8) is 0 Å². The Bertz CT molecular complexity index is 2670. The number of benzene rings is 6. The Hall–Kier alpha value is -5.38. The molecule has 0 bridgehead atoms. The Balaban J connectivity index is 1.28. The van der Waals surface area contributed by atoms with Gasteiger partial charge in [-0.05, 0) is 101 Å². The molecule has 0 fully saturated rings. The lowest BCUT2D eigenvalue weighted by atomic mass is 9.93. The minimum Gasteiger partial charge on any atom is -0.309 e. The van der Waals surface area contributed by atoms with Gasteiger partial charge in [0.25, 0.3) is 0 Å². The largest absolute Gasteiger partial charge is 0.309 e. The second-order valence-corrected chi connectivity index (χ2v) is 13.8. The van der Waals surface area contributed by atoms with Gasteiger partial charge in [0.2, 0.25) is 0 Å². The zero-order valence-corrected chi connectivity index (χ0v) is 26.3. The molecule has 0 saturated heterocycles. The second kappa shape index (κ2) is 9.81. The number of hydrogen-bond donors (Lipinski definition) is 0. The number of para-hydroxylation sites is 2.